The van der Waals surface area contributed by atoms with Gasteiger partial charge in [-0.1, -0.05) is 55.7 Å². The van der Waals surface area contributed by atoms with Gasteiger partial charge in [0.25, 0.3) is 0 Å². The monoisotopic (exact) mass is 330 g/mol. The highest BCUT2D eigenvalue weighted by atomic mass is 14.7. The van der Waals surface area contributed by atoms with Crippen molar-refractivity contribution in [3.8, 4) is 0 Å². The lowest BCUT2D eigenvalue weighted by Gasteiger charge is -2.02. The molecule has 0 saturated carbocycles. The summed E-state index contributed by atoms with van der Waals surface area (Å²) in [7, 11) is 0. The summed E-state index contributed by atoms with van der Waals surface area (Å²) in [5, 5.41) is 2.78. The lowest BCUT2D eigenvalue weighted by Crippen LogP contribution is -1.87. The third-order valence-corrected chi connectivity index (χ3v) is 5.24. The van der Waals surface area contributed by atoms with E-state index in [-0.39, 0.29) is 0 Å². The minimum atomic E-state index is 1.19. The maximum absolute atomic E-state index is 3.38. The molecule has 4 rings (SSSR count). The van der Waals surface area contributed by atoms with Crippen molar-refractivity contribution >= 4 is 21.8 Å². The van der Waals surface area contributed by atoms with Gasteiger partial charge in [-0.2, -0.15) is 0 Å². The number of H-pyrrole nitrogens is 2. The van der Waals surface area contributed by atoms with Gasteiger partial charge in [0, 0.05) is 34.2 Å². The molecule has 0 unspecified atom stereocenters. The van der Waals surface area contributed by atoms with Crippen LogP contribution in [0.3, 0.4) is 0 Å². The van der Waals surface area contributed by atoms with Crippen molar-refractivity contribution in [3.05, 3.63) is 72.1 Å². The average molecular weight is 330 g/mol. The molecule has 0 saturated heterocycles. The number of benzene rings is 2. The number of rotatable bonds is 8. The molecule has 0 spiro atoms. The molecule has 0 aliphatic rings. The van der Waals surface area contributed by atoms with Crippen LogP contribution in [0.4, 0.5) is 0 Å². The molecule has 0 radical (unpaired) electrons. The summed E-state index contributed by atoms with van der Waals surface area (Å²) in [4.78, 5) is 6.75. The van der Waals surface area contributed by atoms with E-state index >= 15 is 0 Å². The number of aromatic nitrogens is 2. The van der Waals surface area contributed by atoms with Crippen LogP contribution in [0.25, 0.3) is 21.8 Å². The molecule has 2 N–H and O–H groups in total. The second-order valence-electron chi connectivity index (χ2n) is 6.99. The Bertz CT molecular complexity index is 867. The van der Waals surface area contributed by atoms with Crippen molar-refractivity contribution in [1.29, 1.82) is 0 Å². The van der Waals surface area contributed by atoms with Crippen LogP contribution < -0.4 is 0 Å². The lowest BCUT2D eigenvalue weighted by molar-refractivity contribution is 0.615. The summed E-state index contributed by atoms with van der Waals surface area (Å²) in [6.07, 6.45) is 13.3. The van der Waals surface area contributed by atoms with Crippen LogP contribution in [-0.2, 0) is 12.8 Å². The third kappa shape index (κ3) is 3.63. The summed E-state index contributed by atoms with van der Waals surface area (Å²) in [6, 6.07) is 17.2. The van der Waals surface area contributed by atoms with E-state index in [2.05, 4.69) is 70.9 Å². The molecule has 2 heterocycles. The third-order valence-electron chi connectivity index (χ3n) is 5.24. The molecule has 2 aromatic heterocycles. The standard InChI is InChI=1S/C23H26N2/c1(2-4-10-18-16-24-22-14-8-6-12-20(18)22)3-5-11-19-17-25-23-15-9-7-13-21(19)23/h6-9,12-17,24-25H,1-5,10-11H2. The number of hydrogen-bond donors (Lipinski definition) is 2. The van der Waals surface area contributed by atoms with Gasteiger partial charge in [0.2, 0.25) is 0 Å². The fourth-order valence-electron chi connectivity index (χ4n) is 3.84. The highest BCUT2D eigenvalue weighted by Crippen LogP contribution is 2.21. The molecular weight excluding hydrogens is 304 g/mol. The fourth-order valence-corrected chi connectivity index (χ4v) is 3.84. The van der Waals surface area contributed by atoms with E-state index in [1.54, 1.807) is 0 Å². The number of hydrogen-bond acceptors (Lipinski definition) is 0. The number of aryl methyl sites for hydroxylation is 2. The zero-order valence-corrected chi connectivity index (χ0v) is 14.7. The second-order valence-corrected chi connectivity index (χ2v) is 6.99. The van der Waals surface area contributed by atoms with Gasteiger partial charge in [0.1, 0.15) is 0 Å². The highest BCUT2D eigenvalue weighted by Gasteiger charge is 2.04. The first-order valence-electron chi connectivity index (χ1n) is 9.52. The van der Waals surface area contributed by atoms with Crippen molar-refractivity contribution in [2.24, 2.45) is 0 Å². The Balaban J connectivity index is 1.18. The molecule has 0 aliphatic carbocycles. The number of fused-ring (bicyclic) bond motifs is 2. The van der Waals surface area contributed by atoms with Gasteiger partial charge in [-0.25, -0.2) is 0 Å². The van der Waals surface area contributed by atoms with Gasteiger partial charge in [-0.05, 0) is 48.9 Å². The van der Waals surface area contributed by atoms with Crippen molar-refractivity contribution in [2.75, 3.05) is 0 Å². The molecule has 0 fully saturated rings. The van der Waals surface area contributed by atoms with Gasteiger partial charge in [0.15, 0.2) is 0 Å². The average Bonchev–Trinajstić information content (AvgIpc) is 3.25. The van der Waals surface area contributed by atoms with Crippen LogP contribution in [0.1, 0.15) is 43.2 Å². The smallest absolute Gasteiger partial charge is 0.0456 e. The molecule has 0 amide bonds. The lowest BCUT2D eigenvalue weighted by atomic mass is 10.0. The number of nitrogens with one attached hydrogen (secondary N) is 2. The Morgan fingerprint density at radius 2 is 0.960 bits per heavy atom. The first-order chi connectivity index (χ1) is 12.4. The molecule has 4 aromatic rings. The van der Waals surface area contributed by atoms with Gasteiger partial charge < -0.3 is 9.97 Å². The first-order valence-corrected chi connectivity index (χ1v) is 9.52. The molecule has 0 atom stereocenters. The van der Waals surface area contributed by atoms with E-state index < -0.39 is 0 Å². The van der Waals surface area contributed by atoms with Gasteiger partial charge in [0.05, 0.1) is 0 Å². The van der Waals surface area contributed by atoms with E-state index in [1.807, 2.05) is 0 Å². The molecule has 0 aliphatic heterocycles. The topological polar surface area (TPSA) is 31.6 Å². The van der Waals surface area contributed by atoms with Crippen molar-refractivity contribution in [2.45, 2.75) is 44.9 Å². The molecule has 0 bridgehead atoms. The first kappa shape index (κ1) is 16.0. The van der Waals surface area contributed by atoms with Crippen LogP contribution >= 0.6 is 0 Å². The predicted octanol–water partition coefficient (Wildman–Crippen LogP) is 6.38. The maximum atomic E-state index is 3.38. The number of unbranched alkanes of at least 4 members (excludes halogenated alkanes) is 4. The van der Waals surface area contributed by atoms with Crippen LogP contribution in [-0.4, -0.2) is 9.97 Å². The van der Waals surface area contributed by atoms with E-state index in [4.69, 9.17) is 0 Å². The van der Waals surface area contributed by atoms with Crippen molar-refractivity contribution in [1.82, 2.24) is 9.97 Å². The number of para-hydroxylation sites is 2. The summed E-state index contributed by atoms with van der Waals surface area (Å²) in [5.41, 5.74) is 5.45. The van der Waals surface area contributed by atoms with Crippen LogP contribution in [0.2, 0.25) is 0 Å². The number of aromatic amines is 2. The van der Waals surface area contributed by atoms with Crippen molar-refractivity contribution in [3.63, 3.8) is 0 Å². The zero-order valence-electron chi connectivity index (χ0n) is 14.7. The minimum absolute atomic E-state index is 1.19. The molecular formula is C23H26N2. The van der Waals surface area contributed by atoms with Gasteiger partial charge in [-0.3, -0.25) is 0 Å². The molecule has 25 heavy (non-hydrogen) atoms. The largest absolute Gasteiger partial charge is 0.361 e. The molecule has 2 heteroatoms. The normalized spacial score (nSPS) is 11.5. The SMILES string of the molecule is c1ccc2c(CCCCCCCc3c[nH]c4ccccc34)c[nH]c2c1. The fraction of sp³-hybridized carbons (Fsp3) is 0.304. The van der Waals surface area contributed by atoms with Gasteiger partial charge >= 0.3 is 0 Å². The Hall–Kier alpha value is -2.48. The Kier molecular flexibility index (Phi) is 4.87. The van der Waals surface area contributed by atoms with Crippen LogP contribution in [0.5, 0.6) is 0 Å². The summed E-state index contributed by atoms with van der Waals surface area (Å²) < 4.78 is 0. The van der Waals surface area contributed by atoms with Gasteiger partial charge in [-0.15, -0.1) is 0 Å². The molecule has 128 valence electrons. The van der Waals surface area contributed by atoms with E-state index in [9.17, 15) is 0 Å². The van der Waals surface area contributed by atoms with Crippen LogP contribution in [0.15, 0.2) is 60.9 Å². The maximum Gasteiger partial charge on any atom is 0.0456 e. The molecule has 2 aromatic carbocycles. The quantitative estimate of drug-likeness (QED) is 0.351. The highest BCUT2D eigenvalue weighted by molar-refractivity contribution is 5.83. The summed E-state index contributed by atoms with van der Waals surface area (Å²) >= 11 is 0. The predicted molar refractivity (Wildman–Crippen MR) is 107 cm³/mol. The van der Waals surface area contributed by atoms with E-state index in [0.717, 1.165) is 0 Å². The van der Waals surface area contributed by atoms with Crippen LogP contribution in [0, 0.1) is 0 Å². The Morgan fingerprint density at radius 1 is 0.520 bits per heavy atom. The minimum Gasteiger partial charge on any atom is -0.361 e. The zero-order chi connectivity index (χ0) is 16.9. The van der Waals surface area contributed by atoms with E-state index in [1.165, 1.54) is 77.9 Å². The Morgan fingerprint density at radius 3 is 1.48 bits per heavy atom. The summed E-state index contributed by atoms with van der Waals surface area (Å²) in [5.74, 6) is 0. The Labute approximate surface area is 149 Å². The van der Waals surface area contributed by atoms with E-state index in [0.29, 0.717) is 0 Å². The second kappa shape index (κ2) is 7.60. The molecule has 2 nitrogen and oxygen atoms in total. The summed E-state index contributed by atoms with van der Waals surface area (Å²) in [6.45, 7) is 0. The van der Waals surface area contributed by atoms with Crippen molar-refractivity contribution < 1.29 is 0 Å².